The van der Waals surface area contributed by atoms with Gasteiger partial charge in [0.25, 0.3) is 0 Å². The molecule has 0 atom stereocenters. The van der Waals surface area contributed by atoms with Crippen LogP contribution in [0.25, 0.3) is 10.9 Å². The van der Waals surface area contributed by atoms with Gasteiger partial charge in [0.05, 0.1) is 22.4 Å². The van der Waals surface area contributed by atoms with Crippen LogP contribution in [-0.2, 0) is 12.8 Å². The van der Waals surface area contributed by atoms with Crippen LogP contribution in [0, 0.1) is 0 Å². The van der Waals surface area contributed by atoms with E-state index in [1.807, 2.05) is 6.07 Å². The third-order valence-corrected chi connectivity index (χ3v) is 3.75. The topological polar surface area (TPSA) is 38.9 Å². The molecule has 2 N–H and O–H groups in total. The van der Waals surface area contributed by atoms with Gasteiger partial charge in [0.1, 0.15) is 0 Å². The lowest BCUT2D eigenvalue weighted by Crippen LogP contribution is -2.04. The highest BCUT2D eigenvalue weighted by Gasteiger charge is 2.15. The summed E-state index contributed by atoms with van der Waals surface area (Å²) < 4.78 is 0. The number of hydrogen-bond acceptors (Lipinski definition) is 2. The van der Waals surface area contributed by atoms with Gasteiger partial charge in [-0.25, -0.2) is 0 Å². The van der Waals surface area contributed by atoms with Gasteiger partial charge in [-0.1, -0.05) is 23.7 Å². The van der Waals surface area contributed by atoms with Gasteiger partial charge in [-0.15, -0.1) is 0 Å². The Kier molecular flexibility index (Phi) is 2.25. The number of benzene rings is 1. The first-order chi connectivity index (χ1) is 7.77. The van der Waals surface area contributed by atoms with E-state index < -0.39 is 0 Å². The van der Waals surface area contributed by atoms with Crippen molar-refractivity contribution in [2.75, 3.05) is 5.73 Å². The van der Waals surface area contributed by atoms with E-state index in [0.29, 0.717) is 10.7 Å². The second-order valence-corrected chi connectivity index (χ2v) is 4.71. The first-order valence-electron chi connectivity index (χ1n) is 5.62. The number of aryl methyl sites for hydroxylation is 2. The van der Waals surface area contributed by atoms with E-state index in [9.17, 15) is 0 Å². The minimum Gasteiger partial charge on any atom is -0.396 e. The largest absolute Gasteiger partial charge is 0.396 e. The van der Waals surface area contributed by atoms with E-state index in [1.165, 1.54) is 24.0 Å². The highest BCUT2D eigenvalue weighted by Crippen LogP contribution is 2.33. The summed E-state index contributed by atoms with van der Waals surface area (Å²) >= 11 is 6.20. The molecule has 0 aliphatic heterocycles. The molecule has 2 nitrogen and oxygen atoms in total. The molecule has 1 heterocycles. The molecule has 0 bridgehead atoms. The van der Waals surface area contributed by atoms with Gasteiger partial charge in [0.2, 0.25) is 0 Å². The van der Waals surface area contributed by atoms with Crippen molar-refractivity contribution in [3.63, 3.8) is 0 Å². The van der Waals surface area contributed by atoms with Crippen LogP contribution in [0.3, 0.4) is 0 Å². The fourth-order valence-corrected chi connectivity index (χ4v) is 2.68. The van der Waals surface area contributed by atoms with Crippen molar-refractivity contribution in [2.45, 2.75) is 25.7 Å². The number of nitrogens with two attached hydrogens (primary N) is 1. The average Bonchev–Trinajstić information content (AvgIpc) is 2.33. The van der Waals surface area contributed by atoms with E-state index in [2.05, 4.69) is 11.1 Å². The second-order valence-electron chi connectivity index (χ2n) is 4.33. The minimum absolute atomic E-state index is 0.560. The molecule has 0 radical (unpaired) electrons. The Bertz CT molecular complexity index is 563. The number of hydrogen-bond donors (Lipinski definition) is 1. The maximum atomic E-state index is 6.20. The van der Waals surface area contributed by atoms with Crippen LogP contribution in [0.15, 0.2) is 18.3 Å². The molecule has 0 amide bonds. The van der Waals surface area contributed by atoms with Crippen molar-refractivity contribution in [1.82, 2.24) is 4.98 Å². The summed E-state index contributed by atoms with van der Waals surface area (Å²) in [5.41, 5.74) is 10.2. The standard InChI is InChI=1S/C13H13ClN2/c14-12-10-6-5-8-3-1-2-4-9(8)13(10)16-7-11(12)15/h5-7H,1-4,15H2. The molecule has 1 aromatic heterocycles. The maximum Gasteiger partial charge on any atom is 0.0753 e. The van der Waals surface area contributed by atoms with E-state index in [-0.39, 0.29) is 0 Å². The zero-order chi connectivity index (χ0) is 11.1. The lowest BCUT2D eigenvalue weighted by molar-refractivity contribution is 0.689. The van der Waals surface area contributed by atoms with Crippen LogP contribution in [0.4, 0.5) is 5.69 Å². The predicted molar refractivity (Wildman–Crippen MR) is 67.8 cm³/mol. The molecule has 1 aliphatic rings. The third-order valence-electron chi connectivity index (χ3n) is 3.33. The normalized spacial score (nSPS) is 15.1. The summed E-state index contributed by atoms with van der Waals surface area (Å²) in [5.74, 6) is 0. The molecule has 2 aromatic rings. The van der Waals surface area contributed by atoms with Gasteiger partial charge in [-0.05, 0) is 36.8 Å². The van der Waals surface area contributed by atoms with E-state index in [1.54, 1.807) is 6.20 Å². The number of nitrogen functional groups attached to an aromatic ring is 1. The van der Waals surface area contributed by atoms with E-state index >= 15 is 0 Å². The fourth-order valence-electron chi connectivity index (χ4n) is 2.48. The van der Waals surface area contributed by atoms with Crippen LogP contribution in [0.1, 0.15) is 24.0 Å². The summed E-state index contributed by atoms with van der Waals surface area (Å²) in [6, 6.07) is 4.22. The Morgan fingerprint density at radius 1 is 1.19 bits per heavy atom. The lowest BCUT2D eigenvalue weighted by Gasteiger charge is -2.17. The molecule has 82 valence electrons. The number of anilines is 1. The highest BCUT2D eigenvalue weighted by atomic mass is 35.5. The third kappa shape index (κ3) is 1.37. The fraction of sp³-hybridized carbons (Fsp3) is 0.308. The number of halogens is 1. The van der Waals surface area contributed by atoms with Crippen LogP contribution in [0.2, 0.25) is 5.02 Å². The van der Waals surface area contributed by atoms with Gasteiger partial charge in [-0.3, -0.25) is 4.98 Å². The molecule has 0 saturated heterocycles. The molecule has 1 aliphatic carbocycles. The first kappa shape index (κ1) is 9.91. The van der Waals surface area contributed by atoms with Crippen molar-refractivity contribution in [3.05, 3.63) is 34.5 Å². The van der Waals surface area contributed by atoms with Gasteiger partial charge >= 0.3 is 0 Å². The smallest absolute Gasteiger partial charge is 0.0753 e. The number of fused-ring (bicyclic) bond motifs is 3. The van der Waals surface area contributed by atoms with Crippen LogP contribution >= 0.6 is 11.6 Å². The number of rotatable bonds is 0. The number of aromatic nitrogens is 1. The van der Waals surface area contributed by atoms with Gasteiger partial charge < -0.3 is 5.73 Å². The number of nitrogens with zero attached hydrogens (tertiary/aromatic N) is 1. The Morgan fingerprint density at radius 2 is 2.00 bits per heavy atom. The van der Waals surface area contributed by atoms with Crippen LogP contribution in [0.5, 0.6) is 0 Å². The Morgan fingerprint density at radius 3 is 2.88 bits per heavy atom. The van der Waals surface area contributed by atoms with Crippen LogP contribution < -0.4 is 5.73 Å². The summed E-state index contributed by atoms with van der Waals surface area (Å²) in [7, 11) is 0. The SMILES string of the molecule is Nc1cnc2c3c(ccc2c1Cl)CCCC3. The molecule has 0 saturated carbocycles. The summed E-state index contributed by atoms with van der Waals surface area (Å²) in [6.07, 6.45) is 6.46. The van der Waals surface area contributed by atoms with E-state index in [4.69, 9.17) is 17.3 Å². The monoisotopic (exact) mass is 232 g/mol. The first-order valence-corrected chi connectivity index (χ1v) is 5.99. The van der Waals surface area contributed by atoms with Crippen molar-refractivity contribution >= 4 is 28.2 Å². The Balaban J connectivity index is 2.36. The number of pyridine rings is 1. The molecule has 0 spiro atoms. The highest BCUT2D eigenvalue weighted by molar-refractivity contribution is 6.37. The predicted octanol–water partition coefficient (Wildman–Crippen LogP) is 3.35. The Hall–Kier alpha value is -1.28. The molecule has 3 heteroatoms. The van der Waals surface area contributed by atoms with Crippen molar-refractivity contribution in [2.24, 2.45) is 0 Å². The molecule has 1 aromatic carbocycles. The second kappa shape index (κ2) is 3.63. The molecule has 16 heavy (non-hydrogen) atoms. The summed E-state index contributed by atoms with van der Waals surface area (Å²) in [4.78, 5) is 4.45. The molecule has 0 fully saturated rings. The van der Waals surface area contributed by atoms with Gasteiger partial charge in [0.15, 0.2) is 0 Å². The minimum atomic E-state index is 0.560. The molecule has 3 rings (SSSR count). The van der Waals surface area contributed by atoms with Crippen molar-refractivity contribution in [1.29, 1.82) is 0 Å². The Labute approximate surface area is 99.4 Å². The summed E-state index contributed by atoms with van der Waals surface area (Å²) in [6.45, 7) is 0. The van der Waals surface area contributed by atoms with Gasteiger partial charge in [-0.2, -0.15) is 0 Å². The molecular formula is C13H13ClN2. The van der Waals surface area contributed by atoms with Crippen LogP contribution in [-0.4, -0.2) is 4.98 Å². The quantitative estimate of drug-likeness (QED) is 0.757. The zero-order valence-electron chi connectivity index (χ0n) is 8.96. The summed E-state index contributed by atoms with van der Waals surface area (Å²) in [5, 5.41) is 1.63. The zero-order valence-corrected chi connectivity index (χ0v) is 9.72. The van der Waals surface area contributed by atoms with E-state index in [0.717, 1.165) is 23.7 Å². The van der Waals surface area contributed by atoms with Gasteiger partial charge in [0, 0.05) is 5.39 Å². The lowest BCUT2D eigenvalue weighted by atomic mass is 9.90. The molecular weight excluding hydrogens is 220 g/mol. The van der Waals surface area contributed by atoms with Crippen molar-refractivity contribution < 1.29 is 0 Å². The average molecular weight is 233 g/mol. The maximum absolute atomic E-state index is 6.20. The van der Waals surface area contributed by atoms with Crippen molar-refractivity contribution in [3.8, 4) is 0 Å². The molecule has 0 unspecified atom stereocenters.